The quantitative estimate of drug-likeness (QED) is 0.513. The zero-order chi connectivity index (χ0) is 10.8. The molecule has 14 heavy (non-hydrogen) atoms. The maximum absolute atomic E-state index is 11.1. The second kappa shape index (κ2) is 3.98. The summed E-state index contributed by atoms with van der Waals surface area (Å²) in [6.07, 6.45) is 0.795. The van der Waals surface area contributed by atoms with Gasteiger partial charge in [-0.05, 0) is 5.92 Å². The molecule has 1 aliphatic rings. The first-order valence-corrected chi connectivity index (χ1v) is 4.91. The minimum absolute atomic E-state index is 0.264. The fraction of sp³-hybridized carbons (Fsp3) is 0.800. The summed E-state index contributed by atoms with van der Waals surface area (Å²) in [6, 6.07) is 0. The molecular formula is C10H16O4. The summed E-state index contributed by atoms with van der Waals surface area (Å²) in [5.41, 5.74) is 0. The molecule has 0 saturated carbocycles. The third kappa shape index (κ3) is 2.47. The number of carbonyl (C=O) groups excluding carboxylic acids is 2. The standard InChI is InChI=1S/C10H16O4/c1-4-10(6-7(2)3)13-8(11)5-9(12)14-10/h7H,4-6H2,1-3H3. The molecule has 0 spiro atoms. The van der Waals surface area contributed by atoms with Crippen molar-refractivity contribution < 1.29 is 19.1 Å². The van der Waals surface area contributed by atoms with E-state index in [1.807, 2.05) is 20.8 Å². The van der Waals surface area contributed by atoms with Crippen LogP contribution in [0, 0.1) is 5.92 Å². The van der Waals surface area contributed by atoms with E-state index in [-0.39, 0.29) is 6.42 Å². The summed E-state index contributed by atoms with van der Waals surface area (Å²) >= 11 is 0. The molecule has 4 heteroatoms. The molecule has 0 aliphatic carbocycles. The normalized spacial score (nSPS) is 20.6. The lowest BCUT2D eigenvalue weighted by Gasteiger charge is -2.36. The molecule has 1 fully saturated rings. The molecule has 0 aromatic heterocycles. The molecule has 1 aliphatic heterocycles. The number of ether oxygens (including phenoxy) is 2. The SMILES string of the molecule is CCC1(CC(C)C)OC(=O)CC(=O)O1. The van der Waals surface area contributed by atoms with Gasteiger partial charge in [0, 0.05) is 12.8 Å². The largest absolute Gasteiger partial charge is 0.422 e. The van der Waals surface area contributed by atoms with Crippen LogP contribution in [0.1, 0.15) is 40.0 Å². The summed E-state index contributed by atoms with van der Waals surface area (Å²) < 4.78 is 10.2. The highest BCUT2D eigenvalue weighted by Crippen LogP contribution is 2.30. The molecule has 1 saturated heterocycles. The molecule has 80 valence electrons. The summed E-state index contributed by atoms with van der Waals surface area (Å²) in [5.74, 6) is -1.67. The maximum Gasteiger partial charge on any atom is 0.320 e. The van der Waals surface area contributed by atoms with Crippen LogP contribution in [0.3, 0.4) is 0 Å². The molecular weight excluding hydrogens is 184 g/mol. The van der Waals surface area contributed by atoms with E-state index in [2.05, 4.69) is 0 Å². The van der Waals surface area contributed by atoms with Crippen molar-refractivity contribution in [3.05, 3.63) is 0 Å². The molecule has 0 atom stereocenters. The number of carbonyl (C=O) groups is 2. The highest BCUT2D eigenvalue weighted by atomic mass is 16.7. The Morgan fingerprint density at radius 1 is 1.29 bits per heavy atom. The molecule has 1 heterocycles. The number of hydrogen-bond acceptors (Lipinski definition) is 4. The van der Waals surface area contributed by atoms with Crippen LogP contribution in [-0.2, 0) is 19.1 Å². The van der Waals surface area contributed by atoms with Gasteiger partial charge >= 0.3 is 11.9 Å². The number of cyclic esters (lactones) is 2. The minimum Gasteiger partial charge on any atom is -0.422 e. The first kappa shape index (κ1) is 11.0. The van der Waals surface area contributed by atoms with E-state index in [0.29, 0.717) is 18.8 Å². The van der Waals surface area contributed by atoms with Crippen molar-refractivity contribution in [3.63, 3.8) is 0 Å². The fourth-order valence-corrected chi connectivity index (χ4v) is 1.62. The number of hydrogen-bond donors (Lipinski definition) is 0. The van der Waals surface area contributed by atoms with Gasteiger partial charge in [0.25, 0.3) is 5.79 Å². The molecule has 0 aromatic rings. The van der Waals surface area contributed by atoms with Gasteiger partial charge in [-0.15, -0.1) is 0 Å². The Balaban J connectivity index is 2.76. The average molecular weight is 200 g/mol. The number of rotatable bonds is 3. The fourth-order valence-electron chi connectivity index (χ4n) is 1.62. The topological polar surface area (TPSA) is 52.6 Å². The van der Waals surface area contributed by atoms with Crippen LogP contribution in [0.2, 0.25) is 0 Å². The molecule has 0 bridgehead atoms. The molecule has 0 amide bonds. The van der Waals surface area contributed by atoms with E-state index < -0.39 is 17.7 Å². The molecule has 0 unspecified atom stereocenters. The van der Waals surface area contributed by atoms with Crippen LogP contribution >= 0.6 is 0 Å². The lowest BCUT2D eigenvalue weighted by molar-refractivity contribution is -0.249. The van der Waals surface area contributed by atoms with E-state index in [0.717, 1.165) is 0 Å². The Hall–Kier alpha value is -1.06. The Morgan fingerprint density at radius 2 is 1.79 bits per heavy atom. The third-order valence-electron chi connectivity index (χ3n) is 2.15. The Kier molecular flexibility index (Phi) is 3.13. The van der Waals surface area contributed by atoms with Crippen molar-refractivity contribution in [1.82, 2.24) is 0 Å². The second-order valence-corrected chi connectivity index (χ2v) is 3.99. The average Bonchev–Trinajstić information content (AvgIpc) is 2.00. The van der Waals surface area contributed by atoms with Crippen molar-refractivity contribution in [2.24, 2.45) is 5.92 Å². The lowest BCUT2D eigenvalue weighted by atomic mass is 9.99. The predicted molar refractivity (Wildman–Crippen MR) is 49.3 cm³/mol. The first-order valence-electron chi connectivity index (χ1n) is 4.91. The smallest absolute Gasteiger partial charge is 0.320 e. The molecule has 0 radical (unpaired) electrons. The van der Waals surface area contributed by atoms with Gasteiger partial charge in [-0.25, -0.2) is 0 Å². The van der Waals surface area contributed by atoms with E-state index in [9.17, 15) is 9.59 Å². The second-order valence-electron chi connectivity index (χ2n) is 3.99. The third-order valence-corrected chi connectivity index (χ3v) is 2.15. The van der Waals surface area contributed by atoms with E-state index in [1.165, 1.54) is 0 Å². The Morgan fingerprint density at radius 3 is 2.14 bits per heavy atom. The van der Waals surface area contributed by atoms with Gasteiger partial charge in [0.2, 0.25) is 0 Å². The number of esters is 2. The van der Waals surface area contributed by atoms with Gasteiger partial charge in [0.05, 0.1) is 0 Å². The highest BCUT2D eigenvalue weighted by molar-refractivity contribution is 5.93. The van der Waals surface area contributed by atoms with Gasteiger partial charge in [0.15, 0.2) is 0 Å². The van der Waals surface area contributed by atoms with Gasteiger partial charge < -0.3 is 9.47 Å². The Bertz CT molecular complexity index is 229. The van der Waals surface area contributed by atoms with E-state index in [4.69, 9.17) is 9.47 Å². The van der Waals surface area contributed by atoms with E-state index in [1.54, 1.807) is 0 Å². The summed E-state index contributed by atoms with van der Waals surface area (Å²) in [4.78, 5) is 22.2. The van der Waals surface area contributed by atoms with Crippen molar-refractivity contribution in [3.8, 4) is 0 Å². The van der Waals surface area contributed by atoms with Crippen molar-refractivity contribution in [2.45, 2.75) is 45.8 Å². The zero-order valence-corrected chi connectivity index (χ0v) is 8.83. The van der Waals surface area contributed by atoms with Crippen molar-refractivity contribution >= 4 is 11.9 Å². The summed E-state index contributed by atoms with van der Waals surface area (Å²) in [7, 11) is 0. The predicted octanol–water partition coefficient (Wildman–Crippen LogP) is 1.63. The summed E-state index contributed by atoms with van der Waals surface area (Å²) in [6.45, 7) is 5.83. The van der Waals surface area contributed by atoms with E-state index >= 15 is 0 Å². The van der Waals surface area contributed by atoms with Crippen LogP contribution in [0.5, 0.6) is 0 Å². The van der Waals surface area contributed by atoms with Crippen LogP contribution in [0.4, 0.5) is 0 Å². The highest BCUT2D eigenvalue weighted by Gasteiger charge is 2.42. The van der Waals surface area contributed by atoms with Crippen molar-refractivity contribution in [2.75, 3.05) is 0 Å². The first-order chi connectivity index (χ1) is 6.47. The van der Waals surface area contributed by atoms with Crippen LogP contribution in [0.15, 0.2) is 0 Å². The van der Waals surface area contributed by atoms with Crippen molar-refractivity contribution in [1.29, 1.82) is 0 Å². The van der Waals surface area contributed by atoms with Crippen LogP contribution in [0.25, 0.3) is 0 Å². The van der Waals surface area contributed by atoms with Gasteiger partial charge in [0.1, 0.15) is 6.42 Å². The monoisotopic (exact) mass is 200 g/mol. The van der Waals surface area contributed by atoms with Gasteiger partial charge in [-0.3, -0.25) is 9.59 Å². The molecule has 4 nitrogen and oxygen atoms in total. The van der Waals surface area contributed by atoms with Gasteiger partial charge in [-0.1, -0.05) is 20.8 Å². The van der Waals surface area contributed by atoms with Crippen LogP contribution in [-0.4, -0.2) is 17.7 Å². The lowest BCUT2D eigenvalue weighted by Crippen LogP contribution is -2.45. The minimum atomic E-state index is -1.01. The Labute approximate surface area is 83.6 Å². The van der Waals surface area contributed by atoms with Crippen LogP contribution < -0.4 is 0 Å². The molecule has 1 rings (SSSR count). The maximum atomic E-state index is 11.1. The summed E-state index contributed by atoms with van der Waals surface area (Å²) in [5, 5.41) is 0. The zero-order valence-electron chi connectivity index (χ0n) is 8.83. The molecule has 0 N–H and O–H groups in total. The molecule has 0 aromatic carbocycles. The van der Waals surface area contributed by atoms with Gasteiger partial charge in [-0.2, -0.15) is 0 Å².